The molecule has 164 valence electrons. The fourth-order valence-corrected chi connectivity index (χ4v) is 5.16. The van der Waals surface area contributed by atoms with E-state index in [1.807, 2.05) is 6.07 Å². The summed E-state index contributed by atoms with van der Waals surface area (Å²) in [5.41, 5.74) is 4.20. The van der Waals surface area contributed by atoms with E-state index in [4.69, 9.17) is 0 Å². The average Bonchev–Trinajstić information content (AvgIpc) is 2.80. The number of fused-ring (bicyclic) bond motifs is 1. The molecule has 0 amide bonds. The predicted octanol–water partition coefficient (Wildman–Crippen LogP) is 9.07. The Bertz CT molecular complexity index is 982. The van der Waals surface area contributed by atoms with Crippen LogP contribution in [-0.4, -0.2) is 0 Å². The second kappa shape index (κ2) is 10.4. The van der Waals surface area contributed by atoms with Gasteiger partial charge in [0.2, 0.25) is 0 Å². The van der Waals surface area contributed by atoms with Crippen molar-refractivity contribution >= 4 is 10.8 Å². The van der Waals surface area contributed by atoms with Crippen molar-refractivity contribution in [3.8, 4) is 0 Å². The number of unbranched alkanes of at least 4 members (excludes halogenated alkanes) is 4. The second-order valence-corrected chi connectivity index (χ2v) is 9.33. The normalized spacial score (nSPS) is 19.1. The zero-order valence-corrected chi connectivity index (χ0v) is 18.7. The molecule has 4 rings (SSSR count). The van der Waals surface area contributed by atoms with Gasteiger partial charge in [-0.1, -0.05) is 75.1 Å². The van der Waals surface area contributed by atoms with Crippen molar-refractivity contribution in [1.29, 1.82) is 0 Å². The summed E-state index contributed by atoms with van der Waals surface area (Å²) in [6, 6.07) is 18.1. The Balaban J connectivity index is 1.32. The maximum absolute atomic E-state index is 13.6. The fraction of sp³-hybridized carbons (Fsp3) is 0.448. The lowest BCUT2D eigenvalue weighted by atomic mass is 9.76. The highest BCUT2D eigenvalue weighted by Crippen LogP contribution is 2.41. The van der Waals surface area contributed by atoms with Crippen LogP contribution >= 0.6 is 0 Å². The lowest BCUT2D eigenvalue weighted by Gasteiger charge is -2.29. The van der Waals surface area contributed by atoms with Crippen LogP contribution in [0, 0.1) is 11.6 Å². The molecular weight excluding hydrogens is 386 g/mol. The Hall–Kier alpha value is -2.22. The minimum absolute atomic E-state index is 0.510. The summed E-state index contributed by atoms with van der Waals surface area (Å²) in [5.74, 6) is -0.390. The topological polar surface area (TPSA) is 0 Å². The quantitative estimate of drug-likeness (QED) is 0.319. The van der Waals surface area contributed by atoms with E-state index in [2.05, 4.69) is 43.3 Å². The summed E-state index contributed by atoms with van der Waals surface area (Å²) in [6.45, 7) is 2.26. The smallest absolute Gasteiger partial charge is 0.159 e. The van der Waals surface area contributed by atoms with Crippen molar-refractivity contribution in [2.24, 2.45) is 0 Å². The highest BCUT2D eigenvalue weighted by atomic mass is 19.2. The molecule has 1 aliphatic rings. The van der Waals surface area contributed by atoms with Gasteiger partial charge in [-0.15, -0.1) is 0 Å². The highest BCUT2D eigenvalue weighted by molar-refractivity contribution is 5.83. The van der Waals surface area contributed by atoms with Crippen molar-refractivity contribution in [1.82, 2.24) is 0 Å². The number of hydrogen-bond donors (Lipinski definition) is 0. The predicted molar refractivity (Wildman–Crippen MR) is 127 cm³/mol. The maximum atomic E-state index is 13.6. The van der Waals surface area contributed by atoms with E-state index in [1.54, 1.807) is 0 Å². The van der Waals surface area contributed by atoms with Crippen molar-refractivity contribution in [3.63, 3.8) is 0 Å². The third-order valence-corrected chi connectivity index (χ3v) is 7.12. The summed E-state index contributed by atoms with van der Waals surface area (Å²) in [7, 11) is 0. The van der Waals surface area contributed by atoms with E-state index < -0.39 is 11.6 Å². The van der Waals surface area contributed by atoms with E-state index in [-0.39, 0.29) is 0 Å². The van der Waals surface area contributed by atoms with Crippen LogP contribution in [0.15, 0.2) is 54.6 Å². The zero-order valence-electron chi connectivity index (χ0n) is 18.7. The molecule has 0 bridgehead atoms. The van der Waals surface area contributed by atoms with Crippen molar-refractivity contribution in [2.45, 2.75) is 83.0 Å². The maximum Gasteiger partial charge on any atom is 0.159 e. The fourth-order valence-electron chi connectivity index (χ4n) is 5.16. The molecule has 1 aliphatic carbocycles. The molecular formula is C29H34F2. The third-order valence-electron chi connectivity index (χ3n) is 7.12. The Morgan fingerprint density at radius 2 is 1.23 bits per heavy atom. The van der Waals surface area contributed by atoms with Crippen molar-refractivity contribution in [2.75, 3.05) is 0 Å². The SMILES string of the molecule is CCCCCCCc1ccc(C2CCC(c3ccc4cc(F)c(F)cc4c3)CC2)cc1. The van der Waals surface area contributed by atoms with E-state index in [1.165, 1.54) is 80.2 Å². The van der Waals surface area contributed by atoms with Crippen molar-refractivity contribution < 1.29 is 8.78 Å². The van der Waals surface area contributed by atoms with Gasteiger partial charge in [-0.05, 0) is 90.0 Å². The molecule has 1 fully saturated rings. The van der Waals surface area contributed by atoms with Crippen LogP contribution in [0.2, 0.25) is 0 Å². The Kier molecular flexibility index (Phi) is 7.37. The van der Waals surface area contributed by atoms with Crippen LogP contribution in [0.3, 0.4) is 0 Å². The first kappa shape index (κ1) is 22.0. The van der Waals surface area contributed by atoms with Crippen LogP contribution in [0.4, 0.5) is 8.78 Å². The summed E-state index contributed by atoms with van der Waals surface area (Å²) in [4.78, 5) is 0. The first-order valence-electron chi connectivity index (χ1n) is 12.1. The number of rotatable bonds is 8. The standard InChI is InChI=1S/C29H34F2/c1-2-3-4-5-6-7-21-8-10-22(11-9-21)23-12-14-24(15-13-23)25-16-17-26-19-28(30)29(31)20-27(26)18-25/h8-11,16-20,23-24H,2-7,12-15H2,1H3. The minimum atomic E-state index is -0.775. The minimum Gasteiger partial charge on any atom is -0.204 e. The van der Waals surface area contributed by atoms with Gasteiger partial charge in [-0.2, -0.15) is 0 Å². The summed E-state index contributed by atoms with van der Waals surface area (Å²) in [5, 5.41) is 1.56. The number of benzene rings is 3. The monoisotopic (exact) mass is 420 g/mol. The molecule has 0 radical (unpaired) electrons. The summed E-state index contributed by atoms with van der Waals surface area (Å²) < 4.78 is 27.1. The lowest BCUT2D eigenvalue weighted by molar-refractivity contribution is 0.396. The molecule has 0 nitrogen and oxygen atoms in total. The molecule has 0 N–H and O–H groups in total. The van der Waals surface area contributed by atoms with Gasteiger partial charge in [0.25, 0.3) is 0 Å². The third kappa shape index (κ3) is 5.53. The second-order valence-electron chi connectivity index (χ2n) is 9.33. The van der Waals surface area contributed by atoms with Gasteiger partial charge in [0.15, 0.2) is 11.6 Å². The van der Waals surface area contributed by atoms with E-state index >= 15 is 0 Å². The van der Waals surface area contributed by atoms with Crippen LogP contribution in [0.1, 0.15) is 93.2 Å². The largest absolute Gasteiger partial charge is 0.204 e. The number of aryl methyl sites for hydroxylation is 1. The van der Waals surface area contributed by atoms with Crippen LogP contribution in [0.25, 0.3) is 10.8 Å². The van der Waals surface area contributed by atoms with E-state index in [0.717, 1.165) is 23.6 Å². The van der Waals surface area contributed by atoms with Crippen LogP contribution < -0.4 is 0 Å². The summed E-state index contributed by atoms with van der Waals surface area (Å²) in [6.07, 6.45) is 12.5. The van der Waals surface area contributed by atoms with Gasteiger partial charge < -0.3 is 0 Å². The van der Waals surface area contributed by atoms with Crippen LogP contribution in [0.5, 0.6) is 0 Å². The molecule has 3 aromatic carbocycles. The van der Waals surface area contributed by atoms with E-state index in [9.17, 15) is 8.78 Å². The first-order chi connectivity index (χ1) is 15.1. The molecule has 2 heteroatoms. The molecule has 0 heterocycles. The summed E-state index contributed by atoms with van der Waals surface area (Å²) >= 11 is 0. The molecule has 1 saturated carbocycles. The Morgan fingerprint density at radius 3 is 1.90 bits per heavy atom. The van der Waals surface area contributed by atoms with Gasteiger partial charge in [0, 0.05) is 0 Å². The molecule has 0 aromatic heterocycles. The molecule has 0 aliphatic heterocycles. The Labute approximate surface area is 185 Å². The molecule has 0 unspecified atom stereocenters. The van der Waals surface area contributed by atoms with Gasteiger partial charge in [0.05, 0.1) is 0 Å². The van der Waals surface area contributed by atoms with Gasteiger partial charge in [0.1, 0.15) is 0 Å². The van der Waals surface area contributed by atoms with Gasteiger partial charge in [-0.25, -0.2) is 8.78 Å². The zero-order chi connectivity index (χ0) is 21.6. The number of halogens is 2. The van der Waals surface area contributed by atoms with Crippen molar-refractivity contribution in [3.05, 3.63) is 82.9 Å². The first-order valence-corrected chi connectivity index (χ1v) is 12.1. The Morgan fingerprint density at radius 1 is 0.645 bits per heavy atom. The van der Waals surface area contributed by atoms with Gasteiger partial charge in [-0.3, -0.25) is 0 Å². The van der Waals surface area contributed by atoms with E-state index in [0.29, 0.717) is 11.8 Å². The average molecular weight is 421 g/mol. The molecule has 31 heavy (non-hydrogen) atoms. The molecule has 0 atom stereocenters. The van der Waals surface area contributed by atoms with Crippen LogP contribution in [-0.2, 0) is 6.42 Å². The number of hydrogen-bond acceptors (Lipinski definition) is 0. The molecule has 0 spiro atoms. The highest BCUT2D eigenvalue weighted by Gasteiger charge is 2.23. The molecule has 0 saturated heterocycles. The molecule has 3 aromatic rings. The van der Waals surface area contributed by atoms with Gasteiger partial charge >= 0.3 is 0 Å². The lowest BCUT2D eigenvalue weighted by Crippen LogP contribution is -2.12.